The summed E-state index contributed by atoms with van der Waals surface area (Å²) in [6.45, 7) is 1.04. The molecule has 2 heterocycles. The molecular formula is C16H17F2N5O3. The second-order valence-electron chi connectivity index (χ2n) is 6.30. The van der Waals surface area contributed by atoms with Gasteiger partial charge in [-0.2, -0.15) is 0 Å². The quantitative estimate of drug-likeness (QED) is 0.846. The van der Waals surface area contributed by atoms with Crippen LogP contribution in [0, 0.1) is 12.7 Å². The van der Waals surface area contributed by atoms with Crippen molar-refractivity contribution in [3.05, 3.63) is 41.5 Å². The molecule has 3 rings (SSSR count). The highest BCUT2D eigenvalue weighted by Crippen LogP contribution is 2.29. The predicted molar refractivity (Wildman–Crippen MR) is 84.4 cm³/mol. The van der Waals surface area contributed by atoms with Crippen LogP contribution in [0.15, 0.2) is 24.3 Å². The van der Waals surface area contributed by atoms with Crippen molar-refractivity contribution in [2.75, 3.05) is 13.1 Å². The van der Waals surface area contributed by atoms with Crippen LogP contribution in [0.25, 0.3) is 0 Å². The van der Waals surface area contributed by atoms with Crippen LogP contribution in [0.1, 0.15) is 23.9 Å². The van der Waals surface area contributed by atoms with E-state index in [1.165, 1.54) is 22.9 Å². The van der Waals surface area contributed by atoms with E-state index < -0.39 is 35.9 Å². The van der Waals surface area contributed by atoms with E-state index in [9.17, 15) is 18.4 Å². The number of amides is 1. The number of carboxylic acid groups (broad SMARTS) is 1. The third-order valence-corrected chi connectivity index (χ3v) is 4.47. The lowest BCUT2D eigenvalue weighted by Crippen LogP contribution is -2.42. The lowest BCUT2D eigenvalue weighted by Gasteiger charge is -2.24. The molecule has 0 aliphatic carbocycles. The fourth-order valence-corrected chi connectivity index (χ4v) is 3.04. The summed E-state index contributed by atoms with van der Waals surface area (Å²) in [6, 6.07) is 4.83. The van der Waals surface area contributed by atoms with Gasteiger partial charge in [-0.25, -0.2) is 18.3 Å². The first-order valence-electron chi connectivity index (χ1n) is 8.00. The molecule has 1 aromatic heterocycles. The first-order valence-corrected chi connectivity index (χ1v) is 8.00. The zero-order valence-electron chi connectivity index (χ0n) is 14.0. The molecule has 0 saturated carbocycles. The Hall–Kier alpha value is -2.91. The van der Waals surface area contributed by atoms with Gasteiger partial charge in [0.2, 0.25) is 11.6 Å². The number of rotatable bonds is 5. The number of carbonyl (C=O) groups excluding carboxylic acids is 1. The van der Waals surface area contributed by atoms with E-state index >= 15 is 0 Å². The topological polar surface area (TPSA) is 101 Å². The van der Waals surface area contributed by atoms with Gasteiger partial charge in [0.1, 0.15) is 17.7 Å². The Morgan fingerprint density at radius 3 is 2.77 bits per heavy atom. The number of hydrogen-bond donors (Lipinski definition) is 1. The number of aliphatic carboxylic acids is 1. The Labute approximate surface area is 147 Å². The fraction of sp³-hybridized carbons (Fsp3) is 0.438. The molecule has 1 saturated heterocycles. The SMILES string of the molecule is Cc1nnnn1C(Cc1cccc(F)c1)C(=O)N1CCC(F)(C(=O)O)C1. The number of likely N-dealkylation sites (tertiary alicyclic amines) is 1. The number of nitrogens with zero attached hydrogens (tertiary/aromatic N) is 5. The normalized spacial score (nSPS) is 21.0. The van der Waals surface area contributed by atoms with Crippen molar-refractivity contribution in [1.82, 2.24) is 25.1 Å². The molecule has 0 bridgehead atoms. The zero-order valence-corrected chi connectivity index (χ0v) is 14.0. The molecule has 1 fully saturated rings. The summed E-state index contributed by atoms with van der Waals surface area (Å²) in [4.78, 5) is 25.2. The lowest BCUT2D eigenvalue weighted by molar-refractivity contribution is -0.150. The summed E-state index contributed by atoms with van der Waals surface area (Å²) in [7, 11) is 0. The van der Waals surface area contributed by atoms with Crippen molar-refractivity contribution >= 4 is 11.9 Å². The number of tetrazole rings is 1. The third kappa shape index (κ3) is 3.39. The molecule has 26 heavy (non-hydrogen) atoms. The number of alkyl halides is 1. The van der Waals surface area contributed by atoms with Gasteiger partial charge in [-0.3, -0.25) is 4.79 Å². The minimum atomic E-state index is -2.46. The highest BCUT2D eigenvalue weighted by molar-refractivity contribution is 5.84. The molecule has 8 nitrogen and oxygen atoms in total. The molecule has 2 unspecified atom stereocenters. The Kier molecular flexibility index (Phi) is 4.66. The van der Waals surface area contributed by atoms with Crippen molar-refractivity contribution in [3.8, 4) is 0 Å². The summed E-state index contributed by atoms with van der Waals surface area (Å²) in [5.41, 5.74) is -1.92. The van der Waals surface area contributed by atoms with Crippen LogP contribution in [0.3, 0.4) is 0 Å². The summed E-state index contributed by atoms with van der Waals surface area (Å²) in [6.07, 6.45) is -0.194. The van der Waals surface area contributed by atoms with E-state index in [0.717, 1.165) is 4.90 Å². The molecule has 2 atom stereocenters. The maximum absolute atomic E-state index is 14.3. The van der Waals surface area contributed by atoms with Crippen LogP contribution in [-0.2, 0) is 16.0 Å². The van der Waals surface area contributed by atoms with Gasteiger partial charge in [-0.05, 0) is 35.0 Å². The summed E-state index contributed by atoms with van der Waals surface area (Å²) >= 11 is 0. The van der Waals surface area contributed by atoms with E-state index in [4.69, 9.17) is 5.11 Å². The van der Waals surface area contributed by atoms with E-state index in [0.29, 0.717) is 11.4 Å². The van der Waals surface area contributed by atoms with E-state index in [-0.39, 0.29) is 19.4 Å². The summed E-state index contributed by atoms with van der Waals surface area (Å²) in [5, 5.41) is 20.1. The third-order valence-electron chi connectivity index (χ3n) is 4.47. The number of aryl methyl sites for hydroxylation is 1. The molecule has 1 N–H and O–H groups in total. The largest absolute Gasteiger partial charge is 0.479 e. The minimum Gasteiger partial charge on any atom is -0.479 e. The zero-order chi connectivity index (χ0) is 18.9. The smallest absolute Gasteiger partial charge is 0.343 e. The van der Waals surface area contributed by atoms with Gasteiger partial charge in [0.15, 0.2) is 0 Å². The van der Waals surface area contributed by atoms with Gasteiger partial charge in [-0.15, -0.1) is 5.10 Å². The average molecular weight is 365 g/mol. The molecule has 0 radical (unpaired) electrons. The van der Waals surface area contributed by atoms with Crippen LogP contribution in [0.4, 0.5) is 8.78 Å². The van der Waals surface area contributed by atoms with Gasteiger partial charge in [-0.1, -0.05) is 12.1 Å². The van der Waals surface area contributed by atoms with E-state index in [1.54, 1.807) is 13.0 Å². The van der Waals surface area contributed by atoms with Gasteiger partial charge in [0.25, 0.3) is 0 Å². The lowest BCUT2D eigenvalue weighted by atomic mass is 10.0. The number of carbonyl (C=O) groups is 2. The Morgan fingerprint density at radius 1 is 1.42 bits per heavy atom. The van der Waals surface area contributed by atoms with Crippen LogP contribution in [-0.4, -0.2) is 60.8 Å². The van der Waals surface area contributed by atoms with Crippen molar-refractivity contribution in [2.24, 2.45) is 0 Å². The molecule has 2 aromatic rings. The van der Waals surface area contributed by atoms with E-state index in [1.807, 2.05) is 0 Å². The maximum atomic E-state index is 14.3. The van der Waals surface area contributed by atoms with Crippen LogP contribution in [0.2, 0.25) is 0 Å². The van der Waals surface area contributed by atoms with Crippen molar-refractivity contribution in [2.45, 2.75) is 31.5 Å². The monoisotopic (exact) mass is 365 g/mol. The molecule has 0 spiro atoms. The Morgan fingerprint density at radius 2 is 2.19 bits per heavy atom. The first-order chi connectivity index (χ1) is 12.3. The van der Waals surface area contributed by atoms with Gasteiger partial charge < -0.3 is 10.0 Å². The summed E-state index contributed by atoms with van der Waals surface area (Å²) < 4.78 is 29.1. The summed E-state index contributed by atoms with van der Waals surface area (Å²) in [5.74, 6) is -2.18. The fourth-order valence-electron chi connectivity index (χ4n) is 3.04. The van der Waals surface area contributed by atoms with Crippen molar-refractivity contribution < 1.29 is 23.5 Å². The highest BCUT2D eigenvalue weighted by Gasteiger charge is 2.48. The molecule has 10 heteroatoms. The average Bonchev–Trinajstić information content (AvgIpc) is 3.19. The van der Waals surface area contributed by atoms with E-state index in [2.05, 4.69) is 15.5 Å². The Bertz CT molecular complexity index is 843. The van der Waals surface area contributed by atoms with Crippen LogP contribution < -0.4 is 0 Å². The molecule has 1 aliphatic rings. The van der Waals surface area contributed by atoms with Crippen LogP contribution >= 0.6 is 0 Å². The van der Waals surface area contributed by atoms with Crippen molar-refractivity contribution in [3.63, 3.8) is 0 Å². The second-order valence-corrected chi connectivity index (χ2v) is 6.30. The molecule has 138 valence electrons. The number of benzene rings is 1. The number of hydrogen-bond acceptors (Lipinski definition) is 5. The standard InChI is InChI=1S/C16H17F2N5O3/c1-10-19-20-21-23(10)13(8-11-3-2-4-12(17)7-11)14(24)22-6-5-16(18,9-22)15(25)26/h2-4,7,13H,5-6,8-9H2,1H3,(H,25,26). The highest BCUT2D eigenvalue weighted by atomic mass is 19.1. The first kappa shape index (κ1) is 17.9. The van der Waals surface area contributed by atoms with Crippen molar-refractivity contribution in [1.29, 1.82) is 0 Å². The number of halogens is 2. The van der Waals surface area contributed by atoms with Gasteiger partial charge in [0.05, 0.1) is 6.54 Å². The minimum absolute atomic E-state index is 0.0253. The molecular weight excluding hydrogens is 348 g/mol. The number of aromatic nitrogens is 4. The molecule has 1 amide bonds. The van der Waals surface area contributed by atoms with Gasteiger partial charge >= 0.3 is 5.97 Å². The number of carboxylic acids is 1. The molecule has 1 aromatic carbocycles. The van der Waals surface area contributed by atoms with Gasteiger partial charge in [0, 0.05) is 19.4 Å². The Balaban J connectivity index is 1.88. The molecule has 1 aliphatic heterocycles. The predicted octanol–water partition coefficient (Wildman–Crippen LogP) is 0.930. The van der Waals surface area contributed by atoms with Crippen LogP contribution in [0.5, 0.6) is 0 Å². The maximum Gasteiger partial charge on any atom is 0.343 e. The second kappa shape index (κ2) is 6.77.